The summed E-state index contributed by atoms with van der Waals surface area (Å²) in [6.45, 7) is 0. The lowest BCUT2D eigenvalue weighted by molar-refractivity contribution is -0.145. The van der Waals surface area contributed by atoms with Crippen LogP contribution in [0.2, 0.25) is 10.0 Å². The summed E-state index contributed by atoms with van der Waals surface area (Å²) < 4.78 is 2.51. The van der Waals surface area contributed by atoms with Gasteiger partial charge >= 0.3 is 11.7 Å². The number of benzene rings is 2. The molecule has 1 saturated carbocycles. The van der Waals surface area contributed by atoms with E-state index in [0.29, 0.717) is 34.8 Å². The van der Waals surface area contributed by atoms with Crippen LogP contribution in [0, 0.1) is 0 Å². The normalized spacial score (nSPS) is 15.7. The molecule has 4 rings (SSSR count). The molecule has 1 aliphatic carbocycles. The van der Waals surface area contributed by atoms with Gasteiger partial charge in [-0.2, -0.15) is 0 Å². The Morgan fingerprint density at radius 2 is 1.65 bits per heavy atom. The number of halogens is 2. The Balaban J connectivity index is 1.78. The quantitative estimate of drug-likeness (QED) is 0.564. The number of nitrogens with zero attached hydrogens (tertiary/aromatic N) is 2. The molecule has 0 aliphatic heterocycles. The average molecular weight is 461 g/mol. The Bertz CT molecular complexity index is 1210. The van der Waals surface area contributed by atoms with E-state index in [-0.39, 0.29) is 10.9 Å². The number of hydrogen-bond donors (Lipinski definition) is 2. The molecule has 0 spiro atoms. The topological polar surface area (TPSA) is 84.5 Å². The molecule has 31 heavy (non-hydrogen) atoms. The second kappa shape index (κ2) is 8.09. The molecule has 1 aromatic heterocycles. The SMILES string of the molecule is Cn1c(-c2ccc(C3(C(=O)O)CCCCC3)cc2)c(O)n(-c2ccc(Cl)c(Cl)c2)c1=O. The van der Waals surface area contributed by atoms with Gasteiger partial charge in [-0.25, -0.2) is 9.36 Å². The number of hydrogen-bond acceptors (Lipinski definition) is 3. The third-order valence-electron chi connectivity index (χ3n) is 6.23. The fraction of sp³-hybridized carbons (Fsp3) is 0.304. The smallest absolute Gasteiger partial charge is 0.335 e. The summed E-state index contributed by atoms with van der Waals surface area (Å²) in [5.41, 5.74) is 0.756. The second-order valence-electron chi connectivity index (χ2n) is 7.97. The highest BCUT2D eigenvalue weighted by atomic mass is 35.5. The summed E-state index contributed by atoms with van der Waals surface area (Å²) in [4.78, 5) is 24.9. The zero-order valence-corrected chi connectivity index (χ0v) is 18.5. The largest absolute Gasteiger partial charge is 0.493 e. The number of aromatic hydroxyl groups is 1. The van der Waals surface area contributed by atoms with Crippen molar-refractivity contribution < 1.29 is 15.0 Å². The van der Waals surface area contributed by atoms with Crippen LogP contribution < -0.4 is 5.69 Å². The molecule has 8 heteroatoms. The number of carboxylic acids is 1. The van der Waals surface area contributed by atoms with Gasteiger partial charge in [-0.1, -0.05) is 66.7 Å². The van der Waals surface area contributed by atoms with Gasteiger partial charge in [0, 0.05) is 12.6 Å². The van der Waals surface area contributed by atoms with Crippen molar-refractivity contribution in [3.8, 4) is 22.8 Å². The molecule has 0 radical (unpaired) electrons. The Morgan fingerprint density at radius 1 is 1.00 bits per heavy atom. The van der Waals surface area contributed by atoms with Crippen LogP contribution >= 0.6 is 23.2 Å². The summed E-state index contributed by atoms with van der Waals surface area (Å²) in [6.07, 6.45) is 4.04. The van der Waals surface area contributed by atoms with E-state index >= 15 is 0 Å². The van der Waals surface area contributed by atoms with Gasteiger partial charge in [0.15, 0.2) is 0 Å². The van der Waals surface area contributed by atoms with Gasteiger partial charge in [0.05, 0.1) is 21.1 Å². The standard InChI is InChI=1S/C23H22Cl2N2O4/c1-26-19(20(28)27(22(26)31)16-9-10-17(24)18(25)13-16)14-5-7-15(8-6-14)23(21(29)30)11-3-2-4-12-23/h5-10,13,28H,2-4,11-12H2,1H3,(H,29,30). The van der Waals surface area contributed by atoms with Crippen LogP contribution in [0.15, 0.2) is 47.3 Å². The minimum Gasteiger partial charge on any atom is -0.493 e. The highest BCUT2D eigenvalue weighted by molar-refractivity contribution is 6.42. The molecule has 162 valence electrons. The predicted octanol–water partition coefficient (Wildman–Crippen LogP) is 5.14. The summed E-state index contributed by atoms with van der Waals surface area (Å²) in [5, 5.41) is 21.4. The number of rotatable bonds is 4. The van der Waals surface area contributed by atoms with E-state index in [4.69, 9.17) is 23.2 Å². The van der Waals surface area contributed by atoms with Crippen molar-refractivity contribution in [2.45, 2.75) is 37.5 Å². The predicted molar refractivity (Wildman–Crippen MR) is 121 cm³/mol. The lowest BCUT2D eigenvalue weighted by atomic mass is 9.69. The Hall–Kier alpha value is -2.70. The van der Waals surface area contributed by atoms with E-state index in [0.717, 1.165) is 29.4 Å². The molecule has 1 aliphatic rings. The number of carboxylic acid groups (broad SMARTS) is 1. The van der Waals surface area contributed by atoms with Crippen LogP contribution in [-0.4, -0.2) is 25.3 Å². The zero-order chi connectivity index (χ0) is 22.3. The van der Waals surface area contributed by atoms with Crippen molar-refractivity contribution in [1.29, 1.82) is 0 Å². The number of imidazole rings is 1. The third kappa shape index (κ3) is 3.54. The molecule has 1 heterocycles. The lowest BCUT2D eigenvalue weighted by Crippen LogP contribution is -2.37. The van der Waals surface area contributed by atoms with Gasteiger partial charge in [0.2, 0.25) is 5.88 Å². The van der Waals surface area contributed by atoms with Gasteiger partial charge in [-0.3, -0.25) is 9.36 Å². The van der Waals surface area contributed by atoms with Crippen molar-refractivity contribution in [3.63, 3.8) is 0 Å². The molecular formula is C23H22Cl2N2O4. The third-order valence-corrected chi connectivity index (χ3v) is 6.97. The number of carbonyl (C=O) groups is 1. The van der Waals surface area contributed by atoms with Crippen LogP contribution in [-0.2, 0) is 17.3 Å². The second-order valence-corrected chi connectivity index (χ2v) is 8.79. The molecule has 0 amide bonds. The first kappa shape index (κ1) is 21.5. The minimum atomic E-state index is -0.878. The Labute approximate surface area is 189 Å². The number of aromatic nitrogens is 2. The maximum absolute atomic E-state index is 12.8. The average Bonchev–Trinajstić information content (AvgIpc) is 2.99. The fourth-order valence-corrected chi connectivity index (χ4v) is 4.79. The van der Waals surface area contributed by atoms with Crippen LogP contribution in [0.25, 0.3) is 16.9 Å². The first-order valence-corrected chi connectivity index (χ1v) is 10.8. The Morgan fingerprint density at radius 3 is 2.23 bits per heavy atom. The molecule has 0 unspecified atom stereocenters. The van der Waals surface area contributed by atoms with Crippen LogP contribution in [0.4, 0.5) is 0 Å². The van der Waals surface area contributed by atoms with Gasteiger partial charge in [0.1, 0.15) is 5.69 Å². The first-order chi connectivity index (χ1) is 14.8. The molecule has 3 aromatic rings. The summed E-state index contributed by atoms with van der Waals surface area (Å²) in [7, 11) is 1.57. The van der Waals surface area contributed by atoms with Crippen molar-refractivity contribution in [3.05, 3.63) is 68.6 Å². The summed E-state index contributed by atoms with van der Waals surface area (Å²) in [6, 6.07) is 11.7. The molecule has 0 atom stereocenters. The molecular weight excluding hydrogens is 439 g/mol. The van der Waals surface area contributed by atoms with E-state index in [2.05, 4.69) is 0 Å². The maximum atomic E-state index is 12.8. The molecule has 6 nitrogen and oxygen atoms in total. The van der Waals surface area contributed by atoms with E-state index in [1.54, 1.807) is 43.4 Å². The van der Waals surface area contributed by atoms with Crippen molar-refractivity contribution >= 4 is 29.2 Å². The van der Waals surface area contributed by atoms with E-state index < -0.39 is 17.1 Å². The number of aliphatic carboxylic acids is 1. The molecule has 2 aromatic carbocycles. The highest BCUT2D eigenvalue weighted by Gasteiger charge is 2.41. The fourth-order valence-electron chi connectivity index (χ4n) is 4.50. The van der Waals surface area contributed by atoms with E-state index in [1.807, 2.05) is 0 Å². The molecule has 1 fully saturated rings. The van der Waals surface area contributed by atoms with Crippen LogP contribution in [0.5, 0.6) is 5.88 Å². The first-order valence-electron chi connectivity index (χ1n) is 10.1. The van der Waals surface area contributed by atoms with Gasteiger partial charge in [-0.15, -0.1) is 0 Å². The summed E-state index contributed by atoms with van der Waals surface area (Å²) >= 11 is 12.0. The van der Waals surface area contributed by atoms with Gasteiger partial charge in [-0.05, 0) is 36.6 Å². The van der Waals surface area contributed by atoms with E-state index in [9.17, 15) is 19.8 Å². The zero-order valence-electron chi connectivity index (χ0n) is 16.9. The van der Waals surface area contributed by atoms with Gasteiger partial charge < -0.3 is 10.2 Å². The summed E-state index contributed by atoms with van der Waals surface area (Å²) in [5.74, 6) is -1.04. The van der Waals surface area contributed by atoms with E-state index in [1.165, 1.54) is 10.6 Å². The molecule has 2 N–H and O–H groups in total. The Kier molecular flexibility index (Phi) is 5.62. The minimum absolute atomic E-state index is 0.232. The van der Waals surface area contributed by atoms with Crippen molar-refractivity contribution in [1.82, 2.24) is 9.13 Å². The highest BCUT2D eigenvalue weighted by Crippen LogP contribution is 2.41. The lowest BCUT2D eigenvalue weighted by Gasteiger charge is -2.33. The van der Waals surface area contributed by atoms with Crippen LogP contribution in [0.3, 0.4) is 0 Å². The van der Waals surface area contributed by atoms with Crippen LogP contribution in [0.1, 0.15) is 37.7 Å². The molecule has 0 saturated heterocycles. The van der Waals surface area contributed by atoms with Crippen molar-refractivity contribution in [2.75, 3.05) is 0 Å². The monoisotopic (exact) mass is 460 g/mol. The maximum Gasteiger partial charge on any atom is 0.335 e. The molecule has 0 bridgehead atoms. The van der Waals surface area contributed by atoms with Crippen molar-refractivity contribution in [2.24, 2.45) is 7.05 Å². The van der Waals surface area contributed by atoms with Gasteiger partial charge in [0.25, 0.3) is 0 Å².